The lowest BCUT2D eigenvalue weighted by Crippen LogP contribution is -2.01. The topological polar surface area (TPSA) is 129 Å². The van der Waals surface area contributed by atoms with E-state index in [1.165, 1.54) is 0 Å². The van der Waals surface area contributed by atoms with Crippen LogP contribution in [0.3, 0.4) is 0 Å². The Morgan fingerprint density at radius 2 is 0.372 bits per heavy atom. The lowest BCUT2D eigenvalue weighted by Gasteiger charge is -2.14. The van der Waals surface area contributed by atoms with Gasteiger partial charge in [-0.3, -0.25) is 14.4 Å². The van der Waals surface area contributed by atoms with Crippen molar-refractivity contribution in [3.63, 3.8) is 0 Å². The van der Waals surface area contributed by atoms with E-state index in [-0.39, 0.29) is 16.3 Å². The van der Waals surface area contributed by atoms with Crippen molar-refractivity contribution in [1.29, 1.82) is 0 Å². The van der Waals surface area contributed by atoms with Crippen molar-refractivity contribution >= 4 is 65.8 Å². The van der Waals surface area contributed by atoms with Crippen molar-refractivity contribution in [2.45, 2.75) is 0 Å². The number of hydrogen-bond acceptors (Lipinski definition) is 9. The minimum Gasteiger partial charge on any atom is -0.456 e. The van der Waals surface area contributed by atoms with Gasteiger partial charge >= 0.3 is 0 Å². The first-order valence-electron chi connectivity index (χ1n) is 42.9. The summed E-state index contributed by atoms with van der Waals surface area (Å²) in [6.07, 6.45) is 0. The molecule has 0 aliphatic carbocycles. The van der Waals surface area contributed by atoms with E-state index in [4.69, 9.17) is 28.2 Å². The monoisotopic (exact) mass is 1660 g/mol. The van der Waals surface area contributed by atoms with Crippen LogP contribution in [0.5, 0.6) is 0 Å². The summed E-state index contributed by atoms with van der Waals surface area (Å²) in [7, 11) is 0. The third-order valence-corrected chi connectivity index (χ3v) is 23.7. The summed E-state index contributed by atoms with van der Waals surface area (Å²) in [6, 6.07) is 157. The summed E-state index contributed by atoms with van der Waals surface area (Å²) in [5.74, 6) is 0. The highest BCUT2D eigenvalue weighted by Gasteiger charge is 2.20. The van der Waals surface area contributed by atoms with Gasteiger partial charge < -0.3 is 13.3 Å². The van der Waals surface area contributed by atoms with E-state index in [0.717, 1.165) is 157 Å². The zero-order valence-electron chi connectivity index (χ0n) is 69.7. The first-order chi connectivity index (χ1) is 63.6. The molecule has 23 rings (SSSR count). The van der Waals surface area contributed by atoms with Gasteiger partial charge in [0.1, 0.15) is 33.5 Å². The van der Waals surface area contributed by atoms with Crippen molar-refractivity contribution < 1.29 is 13.3 Å². The van der Waals surface area contributed by atoms with Crippen molar-refractivity contribution in [2.24, 2.45) is 0 Å². The van der Waals surface area contributed by atoms with Crippen molar-refractivity contribution in [3.8, 4) is 157 Å². The van der Waals surface area contributed by atoms with Crippen molar-refractivity contribution in [1.82, 2.24) is 15.0 Å². The quantitative estimate of drug-likeness (QED) is 0.0977. The maximum Gasteiger partial charge on any atom is 0.200 e. The molecule has 129 heavy (non-hydrogen) atoms. The van der Waals surface area contributed by atoms with Crippen LogP contribution in [0.1, 0.15) is 0 Å². The Labute approximate surface area is 743 Å². The van der Waals surface area contributed by atoms with Gasteiger partial charge in [0, 0.05) is 33.4 Å². The van der Waals surface area contributed by atoms with Crippen LogP contribution in [-0.4, -0.2) is 15.0 Å². The number of hydrogen-bond donors (Lipinski definition) is 0. The summed E-state index contributed by atoms with van der Waals surface area (Å²) in [5, 5.41) is 3.52. The van der Waals surface area contributed by atoms with Crippen LogP contribution in [0.2, 0.25) is 0 Å². The van der Waals surface area contributed by atoms with E-state index in [9.17, 15) is 14.4 Å². The van der Waals surface area contributed by atoms with Gasteiger partial charge in [-0.05, 0) is 210 Å². The molecule has 23 aromatic rings. The van der Waals surface area contributed by atoms with Crippen LogP contribution in [0.25, 0.3) is 222 Å². The SMILES string of the molecule is O=c1c2ccccc2oc2cc(-c3ccccc3-c3cc(-c4ccccc4)nc(-c4ccccc4)c3)ccc12.O=c1c2ccccc2oc2ccc(-c3ccc(-c4ccccc4-c4cc(-c5ccccc5)nc(-c5ccccc5)c4)cc3)cc12.O=c1c2ccccc2oc2ccc(-c3cccc(-c4cccc(-c5cc(-c6ccccc6)cc(-c6ccccc6)n5)c4)c3)cc12. The van der Waals surface area contributed by atoms with Crippen molar-refractivity contribution in [3.05, 3.63) is 498 Å². The van der Waals surface area contributed by atoms with E-state index in [1.807, 2.05) is 231 Å². The molecular weight excluding hydrogens is 1580 g/mol. The highest BCUT2D eigenvalue weighted by Crippen LogP contribution is 2.42. The zero-order valence-corrected chi connectivity index (χ0v) is 69.7. The minimum atomic E-state index is -0.0161. The van der Waals surface area contributed by atoms with Gasteiger partial charge in [-0.2, -0.15) is 0 Å². The van der Waals surface area contributed by atoms with Crippen LogP contribution in [0.15, 0.2) is 495 Å². The third-order valence-electron chi connectivity index (χ3n) is 23.7. The van der Waals surface area contributed by atoms with E-state index < -0.39 is 0 Å². The first kappa shape index (κ1) is 78.8. The summed E-state index contributed by atoms with van der Waals surface area (Å²) in [4.78, 5) is 54.9. The molecule has 9 heteroatoms. The molecule has 9 nitrogen and oxygen atoms in total. The molecule has 0 saturated carbocycles. The fourth-order valence-electron chi connectivity index (χ4n) is 17.1. The standard InChI is InChI=1S/2C42H27NO2.C36H23NO2/c44-42-36-19-7-8-20-40(36)45-41-22-21-33(25-37(41)42)31-16-9-15-30(23-31)32-17-10-18-34(24-32)39-27-35(28-11-3-1-4-12-28)26-38(43-39)29-13-5-2-6-14-29;44-42-36-17-9-10-18-40(36)45-41-24-23-32(25-37(41)42)28-19-21-29(22-20-28)34-15-7-8-16-35(34)33-26-38(30-11-3-1-4-12-30)43-39(27-33)31-13-5-2-6-14-31;38-36-30-17-9-10-18-34(30)39-35-23-26(19-20-31(35)36)28-15-7-8-16-29(28)27-21-32(24-11-3-1-4-12-24)37-33(22-27)25-13-5-2-6-14-25/h2*1-27H;1-23H. The van der Waals surface area contributed by atoms with Crippen LogP contribution >= 0.6 is 0 Å². The molecule has 6 heterocycles. The van der Waals surface area contributed by atoms with Gasteiger partial charge in [-0.15, -0.1) is 0 Å². The maximum absolute atomic E-state index is 13.3. The van der Waals surface area contributed by atoms with Gasteiger partial charge in [0.25, 0.3) is 0 Å². The molecule has 0 aliphatic rings. The Kier molecular flexibility index (Phi) is 21.4. The predicted molar refractivity (Wildman–Crippen MR) is 529 cm³/mol. The van der Waals surface area contributed by atoms with Crippen LogP contribution in [-0.2, 0) is 0 Å². The van der Waals surface area contributed by atoms with Crippen LogP contribution < -0.4 is 16.3 Å². The molecule has 0 spiro atoms. The first-order valence-corrected chi connectivity index (χ1v) is 42.9. The van der Waals surface area contributed by atoms with E-state index in [2.05, 4.69) is 237 Å². The normalized spacial score (nSPS) is 11.2. The molecule has 0 unspecified atom stereocenters. The molecule has 0 saturated heterocycles. The lowest BCUT2D eigenvalue weighted by atomic mass is 9.92. The number of benzene rings is 17. The molecular formula is C120H77N3O6. The Morgan fingerprint density at radius 3 is 0.775 bits per heavy atom. The molecule has 0 atom stereocenters. The van der Waals surface area contributed by atoms with Crippen molar-refractivity contribution in [2.75, 3.05) is 0 Å². The maximum atomic E-state index is 13.3. The number of aromatic nitrogens is 3. The Balaban J connectivity index is 0.000000118. The molecule has 0 N–H and O–H groups in total. The Bertz CT molecular complexity index is 8180. The second kappa shape index (κ2) is 35.1. The highest BCUT2D eigenvalue weighted by molar-refractivity contribution is 5.98. The molecule has 6 aromatic heterocycles. The molecule has 0 bridgehead atoms. The summed E-state index contributed by atoms with van der Waals surface area (Å²) in [6.45, 7) is 0. The van der Waals surface area contributed by atoms with E-state index in [1.54, 1.807) is 0 Å². The summed E-state index contributed by atoms with van der Waals surface area (Å²) in [5.41, 5.74) is 32.6. The third kappa shape index (κ3) is 16.3. The molecule has 0 aliphatic heterocycles. The van der Waals surface area contributed by atoms with Gasteiger partial charge in [0.15, 0.2) is 0 Å². The zero-order chi connectivity index (χ0) is 86.5. The van der Waals surface area contributed by atoms with Gasteiger partial charge in [0.05, 0.1) is 66.5 Å². The fraction of sp³-hybridized carbons (Fsp3) is 0. The molecule has 17 aromatic carbocycles. The van der Waals surface area contributed by atoms with Gasteiger partial charge in [-0.1, -0.05) is 346 Å². The molecule has 0 amide bonds. The predicted octanol–water partition coefficient (Wildman–Crippen LogP) is 30.4. The second-order valence-electron chi connectivity index (χ2n) is 31.8. The largest absolute Gasteiger partial charge is 0.456 e. The molecule has 608 valence electrons. The average Bonchev–Trinajstić information content (AvgIpc) is 0.750. The smallest absolute Gasteiger partial charge is 0.200 e. The number of rotatable bonds is 14. The Hall–Kier alpha value is -17.4. The lowest BCUT2D eigenvalue weighted by molar-refractivity contribution is 0.659. The van der Waals surface area contributed by atoms with E-state index in [0.29, 0.717) is 65.8 Å². The van der Waals surface area contributed by atoms with Crippen LogP contribution in [0, 0.1) is 0 Å². The van der Waals surface area contributed by atoms with Gasteiger partial charge in [-0.25, -0.2) is 15.0 Å². The summed E-state index contributed by atoms with van der Waals surface area (Å²) >= 11 is 0. The summed E-state index contributed by atoms with van der Waals surface area (Å²) < 4.78 is 18.2. The number of para-hydroxylation sites is 3. The highest BCUT2D eigenvalue weighted by atomic mass is 16.3. The van der Waals surface area contributed by atoms with E-state index >= 15 is 0 Å². The second-order valence-corrected chi connectivity index (χ2v) is 31.8. The molecule has 0 radical (unpaired) electrons. The number of pyridine rings is 3. The average molecular weight is 1660 g/mol. The Morgan fingerprint density at radius 1 is 0.132 bits per heavy atom. The molecule has 0 fully saturated rings. The minimum absolute atomic E-state index is 0.0126. The van der Waals surface area contributed by atoms with Gasteiger partial charge in [0.2, 0.25) is 16.3 Å². The number of fused-ring (bicyclic) bond motifs is 6. The fourth-order valence-corrected chi connectivity index (χ4v) is 17.1. The number of nitrogens with zero attached hydrogens (tertiary/aromatic N) is 3. The van der Waals surface area contributed by atoms with Crippen LogP contribution in [0.4, 0.5) is 0 Å².